The van der Waals surface area contributed by atoms with Crippen LogP contribution in [-0.4, -0.2) is 11.5 Å². The van der Waals surface area contributed by atoms with Crippen LogP contribution in [0.25, 0.3) is 10.9 Å². The van der Waals surface area contributed by atoms with Gasteiger partial charge in [0.25, 0.3) is 0 Å². The number of aromatic nitrogens is 1. The van der Waals surface area contributed by atoms with Gasteiger partial charge in [-0.25, -0.2) is 0 Å². The molecule has 0 unspecified atom stereocenters. The Kier molecular flexibility index (Phi) is 4.10. The molecule has 0 aliphatic carbocycles. The van der Waals surface area contributed by atoms with E-state index in [0.717, 1.165) is 24.5 Å². The highest BCUT2D eigenvalue weighted by atomic mass is 14.8. The molecular formula is C15H20N2. The van der Waals surface area contributed by atoms with Gasteiger partial charge in [-0.1, -0.05) is 38.1 Å². The molecule has 1 aromatic heterocycles. The van der Waals surface area contributed by atoms with Crippen molar-refractivity contribution in [3.8, 4) is 0 Å². The molecule has 2 heteroatoms. The van der Waals surface area contributed by atoms with Crippen molar-refractivity contribution in [1.82, 2.24) is 10.3 Å². The second-order valence-corrected chi connectivity index (χ2v) is 4.85. The Balaban J connectivity index is 2.03. The summed E-state index contributed by atoms with van der Waals surface area (Å²) in [6, 6.07) is 10.5. The largest absolute Gasteiger partial charge is 0.313 e. The molecule has 2 aromatic rings. The standard InChI is InChI=1S/C15H20N2/c1-12(2)8-10-16-11-14-6-3-5-13-7-4-9-17-15(13)14/h3-7,9,12,16H,8,10-11H2,1-2H3. The lowest BCUT2D eigenvalue weighted by Gasteiger charge is -2.08. The molecule has 0 amide bonds. The summed E-state index contributed by atoms with van der Waals surface area (Å²) in [7, 11) is 0. The van der Waals surface area contributed by atoms with E-state index in [1.165, 1.54) is 17.4 Å². The summed E-state index contributed by atoms with van der Waals surface area (Å²) < 4.78 is 0. The summed E-state index contributed by atoms with van der Waals surface area (Å²) >= 11 is 0. The lowest BCUT2D eigenvalue weighted by Crippen LogP contribution is -2.16. The number of para-hydroxylation sites is 1. The molecule has 0 saturated heterocycles. The molecule has 17 heavy (non-hydrogen) atoms. The van der Waals surface area contributed by atoms with Gasteiger partial charge in [0.05, 0.1) is 5.52 Å². The first kappa shape index (κ1) is 12.1. The van der Waals surface area contributed by atoms with E-state index < -0.39 is 0 Å². The average Bonchev–Trinajstić information content (AvgIpc) is 2.34. The fourth-order valence-electron chi connectivity index (χ4n) is 1.92. The molecule has 0 aliphatic heterocycles. The Labute approximate surface area is 103 Å². The summed E-state index contributed by atoms with van der Waals surface area (Å²) in [5.41, 5.74) is 2.40. The van der Waals surface area contributed by atoms with Crippen molar-refractivity contribution in [1.29, 1.82) is 0 Å². The van der Waals surface area contributed by atoms with Gasteiger partial charge in [-0.3, -0.25) is 4.98 Å². The molecule has 2 nitrogen and oxygen atoms in total. The van der Waals surface area contributed by atoms with Crippen molar-refractivity contribution >= 4 is 10.9 Å². The van der Waals surface area contributed by atoms with E-state index in [0.29, 0.717) is 0 Å². The normalized spacial score (nSPS) is 11.2. The number of rotatable bonds is 5. The molecule has 90 valence electrons. The van der Waals surface area contributed by atoms with Gasteiger partial charge >= 0.3 is 0 Å². The third-order valence-electron chi connectivity index (χ3n) is 2.93. The maximum absolute atomic E-state index is 4.46. The number of hydrogen-bond donors (Lipinski definition) is 1. The van der Waals surface area contributed by atoms with Gasteiger partial charge in [0.2, 0.25) is 0 Å². The van der Waals surface area contributed by atoms with E-state index in [9.17, 15) is 0 Å². The fourth-order valence-corrected chi connectivity index (χ4v) is 1.92. The Morgan fingerprint density at radius 1 is 1.18 bits per heavy atom. The van der Waals surface area contributed by atoms with Gasteiger partial charge in [-0.2, -0.15) is 0 Å². The van der Waals surface area contributed by atoms with Crippen LogP contribution in [-0.2, 0) is 6.54 Å². The quantitative estimate of drug-likeness (QED) is 0.794. The van der Waals surface area contributed by atoms with Crippen molar-refractivity contribution in [2.24, 2.45) is 5.92 Å². The predicted octanol–water partition coefficient (Wildman–Crippen LogP) is 3.37. The molecule has 0 aliphatic rings. The van der Waals surface area contributed by atoms with E-state index in [2.05, 4.69) is 48.4 Å². The minimum atomic E-state index is 0.758. The van der Waals surface area contributed by atoms with Crippen molar-refractivity contribution in [2.45, 2.75) is 26.8 Å². The third-order valence-corrected chi connectivity index (χ3v) is 2.93. The van der Waals surface area contributed by atoms with E-state index in [4.69, 9.17) is 0 Å². The van der Waals surface area contributed by atoms with Gasteiger partial charge in [0.15, 0.2) is 0 Å². The summed E-state index contributed by atoms with van der Waals surface area (Å²) in [5.74, 6) is 0.758. The van der Waals surface area contributed by atoms with Crippen LogP contribution in [0.3, 0.4) is 0 Å². The molecule has 0 radical (unpaired) electrons. The highest BCUT2D eigenvalue weighted by Gasteiger charge is 2.01. The third kappa shape index (κ3) is 3.27. The molecule has 0 atom stereocenters. The van der Waals surface area contributed by atoms with E-state index in [1.54, 1.807) is 0 Å². The van der Waals surface area contributed by atoms with Crippen molar-refractivity contribution < 1.29 is 0 Å². The number of pyridine rings is 1. The van der Waals surface area contributed by atoms with Gasteiger partial charge in [0.1, 0.15) is 0 Å². The number of benzene rings is 1. The van der Waals surface area contributed by atoms with Gasteiger partial charge < -0.3 is 5.32 Å². The summed E-state index contributed by atoms with van der Waals surface area (Å²) in [5, 5.41) is 4.70. The molecule has 0 saturated carbocycles. The van der Waals surface area contributed by atoms with Crippen LogP contribution in [0.4, 0.5) is 0 Å². The molecule has 1 N–H and O–H groups in total. The van der Waals surface area contributed by atoms with E-state index in [-0.39, 0.29) is 0 Å². The molecule has 0 bridgehead atoms. The fraction of sp³-hybridized carbons (Fsp3) is 0.400. The van der Waals surface area contributed by atoms with Crippen LogP contribution in [0.5, 0.6) is 0 Å². The minimum absolute atomic E-state index is 0.758. The van der Waals surface area contributed by atoms with Crippen LogP contribution in [0.2, 0.25) is 0 Å². The maximum atomic E-state index is 4.46. The Morgan fingerprint density at radius 3 is 2.82 bits per heavy atom. The van der Waals surface area contributed by atoms with Crippen LogP contribution >= 0.6 is 0 Å². The molecular weight excluding hydrogens is 208 g/mol. The molecule has 0 spiro atoms. The molecule has 1 aromatic carbocycles. The summed E-state index contributed by atoms with van der Waals surface area (Å²) in [6.45, 7) is 6.48. The number of nitrogens with zero attached hydrogens (tertiary/aromatic N) is 1. The summed E-state index contributed by atoms with van der Waals surface area (Å²) in [4.78, 5) is 4.46. The average molecular weight is 228 g/mol. The van der Waals surface area contributed by atoms with E-state index >= 15 is 0 Å². The zero-order valence-corrected chi connectivity index (χ0v) is 10.6. The zero-order valence-electron chi connectivity index (χ0n) is 10.6. The summed E-state index contributed by atoms with van der Waals surface area (Å²) in [6.07, 6.45) is 3.08. The first-order chi connectivity index (χ1) is 8.27. The van der Waals surface area contributed by atoms with Gasteiger partial charge in [-0.15, -0.1) is 0 Å². The first-order valence-electron chi connectivity index (χ1n) is 6.30. The number of nitrogens with one attached hydrogen (secondary N) is 1. The van der Waals surface area contributed by atoms with Gasteiger partial charge in [-0.05, 0) is 30.5 Å². The van der Waals surface area contributed by atoms with Crippen LogP contribution in [0.15, 0.2) is 36.5 Å². The monoisotopic (exact) mass is 228 g/mol. The first-order valence-corrected chi connectivity index (χ1v) is 6.30. The van der Waals surface area contributed by atoms with Gasteiger partial charge in [0, 0.05) is 18.1 Å². The molecule has 2 rings (SSSR count). The zero-order chi connectivity index (χ0) is 12.1. The van der Waals surface area contributed by atoms with Crippen LogP contribution in [0.1, 0.15) is 25.8 Å². The highest BCUT2D eigenvalue weighted by molar-refractivity contribution is 5.81. The van der Waals surface area contributed by atoms with Crippen LogP contribution in [0, 0.1) is 5.92 Å². The Morgan fingerprint density at radius 2 is 2.00 bits per heavy atom. The Hall–Kier alpha value is -1.41. The van der Waals surface area contributed by atoms with E-state index in [1.807, 2.05) is 12.3 Å². The van der Waals surface area contributed by atoms with Crippen molar-refractivity contribution in [3.05, 3.63) is 42.1 Å². The second kappa shape index (κ2) is 5.78. The highest BCUT2D eigenvalue weighted by Crippen LogP contribution is 2.15. The minimum Gasteiger partial charge on any atom is -0.313 e. The maximum Gasteiger partial charge on any atom is 0.0746 e. The molecule has 0 fully saturated rings. The smallest absolute Gasteiger partial charge is 0.0746 e. The van der Waals surface area contributed by atoms with Crippen LogP contribution < -0.4 is 5.32 Å². The van der Waals surface area contributed by atoms with Crippen molar-refractivity contribution in [3.63, 3.8) is 0 Å². The topological polar surface area (TPSA) is 24.9 Å². The lowest BCUT2D eigenvalue weighted by atomic mass is 10.1. The predicted molar refractivity (Wildman–Crippen MR) is 72.9 cm³/mol. The molecule has 1 heterocycles. The number of fused-ring (bicyclic) bond motifs is 1. The Bertz CT molecular complexity index is 472. The SMILES string of the molecule is CC(C)CCNCc1cccc2cccnc12. The lowest BCUT2D eigenvalue weighted by molar-refractivity contribution is 0.538. The number of hydrogen-bond acceptors (Lipinski definition) is 2. The van der Waals surface area contributed by atoms with Crippen molar-refractivity contribution in [2.75, 3.05) is 6.54 Å². The second-order valence-electron chi connectivity index (χ2n) is 4.85.